The smallest absolute Gasteiger partial charge is 0.120 e. The van der Waals surface area contributed by atoms with Crippen LogP contribution in [0.2, 0.25) is 0 Å². The highest BCUT2D eigenvalue weighted by Crippen LogP contribution is 2.29. The molecule has 0 radical (unpaired) electrons. The average Bonchev–Trinajstić information content (AvgIpc) is 2.50. The fourth-order valence-electron chi connectivity index (χ4n) is 2.50. The number of hydrogen-bond donors (Lipinski definition) is 1. The van der Waals surface area contributed by atoms with Crippen LogP contribution in [0.3, 0.4) is 0 Å². The molecule has 4 nitrogen and oxygen atoms in total. The second kappa shape index (κ2) is 8.85. The predicted molar refractivity (Wildman–Crippen MR) is 92.5 cm³/mol. The largest absolute Gasteiger partial charge is 0.497 e. The van der Waals surface area contributed by atoms with E-state index in [0.29, 0.717) is 17.6 Å². The van der Waals surface area contributed by atoms with Gasteiger partial charge in [-0.1, -0.05) is 26.1 Å². The Labute approximate surface area is 133 Å². The predicted octanol–water partition coefficient (Wildman–Crippen LogP) is 2.97. The summed E-state index contributed by atoms with van der Waals surface area (Å²) in [5, 5.41) is 0. The lowest BCUT2D eigenvalue weighted by atomic mass is 10.1. The van der Waals surface area contributed by atoms with Gasteiger partial charge in [-0.2, -0.15) is 0 Å². The van der Waals surface area contributed by atoms with Gasteiger partial charge in [0.1, 0.15) is 10.7 Å². The minimum absolute atomic E-state index is 0.404. The van der Waals surface area contributed by atoms with Gasteiger partial charge in [0, 0.05) is 31.3 Å². The Morgan fingerprint density at radius 1 is 1.29 bits per heavy atom. The third-order valence-corrected chi connectivity index (χ3v) is 3.92. The number of rotatable bonds is 9. The molecular weight excluding hydrogens is 284 g/mol. The van der Waals surface area contributed by atoms with Crippen LogP contribution in [-0.4, -0.2) is 38.4 Å². The topological polar surface area (TPSA) is 47.7 Å². The van der Waals surface area contributed by atoms with Gasteiger partial charge in [0.05, 0.1) is 19.4 Å². The van der Waals surface area contributed by atoms with Crippen LogP contribution in [0.15, 0.2) is 18.2 Å². The molecule has 0 aliphatic carbocycles. The van der Waals surface area contributed by atoms with Gasteiger partial charge in [0.15, 0.2) is 0 Å². The fraction of sp³-hybridized carbons (Fsp3) is 0.562. The highest BCUT2D eigenvalue weighted by atomic mass is 32.1. The Balaban J connectivity index is 3.28. The van der Waals surface area contributed by atoms with E-state index in [1.54, 1.807) is 14.2 Å². The number of benzene rings is 1. The molecule has 0 aliphatic rings. The third-order valence-electron chi connectivity index (χ3n) is 3.70. The molecule has 0 saturated heterocycles. The molecule has 1 aromatic carbocycles. The lowest BCUT2D eigenvalue weighted by Crippen LogP contribution is -2.38. The van der Waals surface area contributed by atoms with E-state index in [-0.39, 0.29) is 0 Å². The Morgan fingerprint density at radius 3 is 2.43 bits per heavy atom. The van der Waals surface area contributed by atoms with E-state index in [1.807, 2.05) is 18.2 Å². The molecule has 118 valence electrons. The molecule has 0 atom stereocenters. The number of nitrogens with two attached hydrogens (primary N) is 1. The minimum Gasteiger partial charge on any atom is -0.497 e. The zero-order valence-electron chi connectivity index (χ0n) is 13.4. The van der Waals surface area contributed by atoms with Crippen molar-refractivity contribution in [2.24, 2.45) is 5.73 Å². The van der Waals surface area contributed by atoms with E-state index >= 15 is 0 Å². The maximum Gasteiger partial charge on any atom is 0.120 e. The number of anilines is 1. The number of hydrogen-bond acceptors (Lipinski definition) is 4. The molecule has 0 saturated carbocycles. The van der Waals surface area contributed by atoms with Crippen molar-refractivity contribution < 1.29 is 9.47 Å². The van der Waals surface area contributed by atoms with Crippen LogP contribution in [0, 0.1) is 0 Å². The van der Waals surface area contributed by atoms with Crippen LogP contribution in [0.4, 0.5) is 5.69 Å². The molecule has 2 N–H and O–H groups in total. The van der Waals surface area contributed by atoms with Crippen molar-refractivity contribution in [2.75, 3.05) is 32.3 Å². The second-order valence-corrected chi connectivity index (χ2v) is 5.34. The molecule has 1 rings (SSSR count). The number of thiocarbonyl (C=S) groups is 1. The quantitative estimate of drug-likeness (QED) is 0.711. The summed E-state index contributed by atoms with van der Waals surface area (Å²) in [4.78, 5) is 2.72. The molecule has 0 aromatic heterocycles. The summed E-state index contributed by atoms with van der Waals surface area (Å²) in [6, 6.07) is 6.24. The molecule has 0 aliphatic heterocycles. The van der Waals surface area contributed by atoms with Crippen molar-refractivity contribution >= 4 is 22.9 Å². The van der Waals surface area contributed by atoms with E-state index in [0.717, 1.165) is 36.4 Å². The maximum absolute atomic E-state index is 5.89. The third kappa shape index (κ3) is 4.58. The van der Waals surface area contributed by atoms with Crippen LogP contribution >= 0.6 is 12.2 Å². The maximum atomic E-state index is 5.89. The summed E-state index contributed by atoms with van der Waals surface area (Å²) in [6.45, 7) is 5.83. The van der Waals surface area contributed by atoms with Crippen LogP contribution < -0.4 is 15.4 Å². The lowest BCUT2D eigenvalue weighted by molar-refractivity contribution is 0.202. The summed E-state index contributed by atoms with van der Waals surface area (Å²) in [5.74, 6) is 0.804. The van der Waals surface area contributed by atoms with Gasteiger partial charge in [-0.15, -0.1) is 0 Å². The zero-order chi connectivity index (χ0) is 15.8. The normalized spacial score (nSPS) is 10.7. The first kappa shape index (κ1) is 17.7. The Morgan fingerprint density at radius 2 is 1.95 bits per heavy atom. The van der Waals surface area contributed by atoms with E-state index < -0.39 is 0 Å². The minimum atomic E-state index is 0.404. The first-order valence-corrected chi connectivity index (χ1v) is 7.73. The lowest BCUT2D eigenvalue weighted by Gasteiger charge is -2.34. The van der Waals surface area contributed by atoms with Gasteiger partial charge in [-0.3, -0.25) is 0 Å². The van der Waals surface area contributed by atoms with Crippen molar-refractivity contribution in [3.8, 4) is 5.75 Å². The Kier molecular flexibility index (Phi) is 7.47. The van der Waals surface area contributed by atoms with E-state index in [9.17, 15) is 0 Å². The summed E-state index contributed by atoms with van der Waals surface area (Å²) in [6.07, 6.45) is 2.10. The van der Waals surface area contributed by atoms with Crippen LogP contribution in [0.5, 0.6) is 5.75 Å². The fourth-order valence-corrected chi connectivity index (χ4v) is 2.68. The second-order valence-electron chi connectivity index (χ2n) is 4.90. The molecule has 0 spiro atoms. The highest BCUT2D eigenvalue weighted by molar-refractivity contribution is 7.80. The van der Waals surface area contributed by atoms with Crippen molar-refractivity contribution in [2.45, 2.75) is 32.7 Å². The summed E-state index contributed by atoms with van der Waals surface area (Å²) >= 11 is 5.20. The standard InChI is InChI=1S/C16H26N2O2S/c1-5-12(6-2)18(9-10-19-3)15-11-13(20-4)7-8-14(15)16(17)21/h7-8,11-12H,5-6,9-10H2,1-4H3,(H2,17,21). The molecule has 21 heavy (non-hydrogen) atoms. The van der Waals surface area contributed by atoms with E-state index in [2.05, 4.69) is 18.7 Å². The van der Waals surface area contributed by atoms with Crippen molar-refractivity contribution in [3.05, 3.63) is 23.8 Å². The first-order valence-electron chi connectivity index (χ1n) is 7.32. The Hall–Kier alpha value is -1.33. The van der Waals surface area contributed by atoms with Crippen LogP contribution in [0.25, 0.3) is 0 Å². The van der Waals surface area contributed by atoms with Gasteiger partial charge in [0.25, 0.3) is 0 Å². The van der Waals surface area contributed by atoms with Gasteiger partial charge in [-0.05, 0) is 25.0 Å². The number of nitrogens with zero attached hydrogens (tertiary/aromatic N) is 1. The number of ether oxygens (including phenoxy) is 2. The zero-order valence-corrected chi connectivity index (χ0v) is 14.2. The first-order chi connectivity index (χ1) is 10.1. The van der Waals surface area contributed by atoms with Crippen molar-refractivity contribution in [3.63, 3.8) is 0 Å². The van der Waals surface area contributed by atoms with Gasteiger partial charge < -0.3 is 20.1 Å². The van der Waals surface area contributed by atoms with Gasteiger partial charge >= 0.3 is 0 Å². The molecular formula is C16H26N2O2S. The molecule has 0 bridgehead atoms. The van der Waals surface area contributed by atoms with Crippen LogP contribution in [-0.2, 0) is 4.74 Å². The van der Waals surface area contributed by atoms with Crippen LogP contribution in [0.1, 0.15) is 32.3 Å². The molecule has 0 amide bonds. The summed E-state index contributed by atoms with van der Waals surface area (Å²) in [7, 11) is 3.38. The summed E-state index contributed by atoms with van der Waals surface area (Å²) < 4.78 is 10.6. The molecule has 5 heteroatoms. The monoisotopic (exact) mass is 310 g/mol. The van der Waals surface area contributed by atoms with Gasteiger partial charge in [0.2, 0.25) is 0 Å². The molecule has 0 heterocycles. The molecule has 0 unspecified atom stereocenters. The summed E-state index contributed by atoms with van der Waals surface area (Å²) in [5.41, 5.74) is 7.79. The molecule has 0 fully saturated rings. The van der Waals surface area contributed by atoms with E-state index in [4.69, 9.17) is 27.4 Å². The highest BCUT2D eigenvalue weighted by Gasteiger charge is 2.20. The molecule has 1 aromatic rings. The van der Waals surface area contributed by atoms with E-state index in [1.165, 1.54) is 0 Å². The Bertz CT molecular complexity index is 462. The average molecular weight is 310 g/mol. The SMILES string of the molecule is CCC(CC)N(CCOC)c1cc(OC)ccc1C(N)=S. The van der Waals surface area contributed by atoms with Crippen molar-refractivity contribution in [1.82, 2.24) is 0 Å². The van der Waals surface area contributed by atoms with Gasteiger partial charge in [-0.25, -0.2) is 0 Å². The van der Waals surface area contributed by atoms with Crippen molar-refractivity contribution in [1.29, 1.82) is 0 Å². The number of methoxy groups -OCH3 is 2.